The van der Waals surface area contributed by atoms with Gasteiger partial charge in [0.05, 0.1) is 5.52 Å². The van der Waals surface area contributed by atoms with Crippen LogP contribution in [0.5, 0.6) is 0 Å². The summed E-state index contributed by atoms with van der Waals surface area (Å²) in [4.78, 5) is 44.3. The SMILES string of the molecule is CC(C)C(=O)Nc1ccc(N(C(=O)Cn2nnc3ccccc32)C(C(=O)NCc2ccccc2)c2ccc(N(C)C)cc2)cc1. The first-order chi connectivity index (χ1) is 21.7. The third kappa shape index (κ3) is 7.35. The molecule has 1 heterocycles. The van der Waals surface area contributed by atoms with Gasteiger partial charge in [0.25, 0.3) is 0 Å². The van der Waals surface area contributed by atoms with E-state index in [1.54, 1.807) is 24.3 Å². The van der Waals surface area contributed by atoms with Crippen LogP contribution in [0.2, 0.25) is 0 Å². The molecule has 0 fully saturated rings. The summed E-state index contributed by atoms with van der Waals surface area (Å²) in [6.07, 6.45) is 0. The number of anilines is 3. The highest BCUT2D eigenvalue weighted by Crippen LogP contribution is 2.31. The van der Waals surface area contributed by atoms with E-state index in [0.717, 1.165) is 11.3 Å². The number of benzene rings is 4. The van der Waals surface area contributed by atoms with E-state index < -0.39 is 6.04 Å². The standard InChI is InChI=1S/C35H37N7O3/c1-24(2)34(44)37-27-16-20-29(21-17-27)42(32(43)23-41-31-13-9-8-12-30(31)38-39-41)33(26-14-18-28(19-15-26)40(3)4)35(45)36-22-25-10-6-5-7-11-25/h5-21,24,33H,22-23H2,1-4H3,(H,36,45)(H,37,44). The van der Waals surface area contributed by atoms with E-state index in [-0.39, 0.29) is 30.2 Å². The number of aromatic nitrogens is 3. The van der Waals surface area contributed by atoms with Crippen LogP contribution in [-0.4, -0.2) is 46.8 Å². The van der Waals surface area contributed by atoms with Gasteiger partial charge in [-0.05, 0) is 59.7 Å². The fourth-order valence-electron chi connectivity index (χ4n) is 4.92. The zero-order valence-corrected chi connectivity index (χ0v) is 25.8. The maximum absolute atomic E-state index is 14.4. The Morgan fingerprint density at radius 1 is 0.778 bits per heavy atom. The number of nitrogens with one attached hydrogen (secondary N) is 2. The zero-order valence-electron chi connectivity index (χ0n) is 25.8. The highest BCUT2D eigenvalue weighted by atomic mass is 16.2. The zero-order chi connectivity index (χ0) is 31.9. The lowest BCUT2D eigenvalue weighted by Gasteiger charge is -2.32. The number of rotatable bonds is 11. The number of fused-ring (bicyclic) bond motifs is 1. The molecule has 2 N–H and O–H groups in total. The van der Waals surface area contributed by atoms with Gasteiger partial charge in [-0.2, -0.15) is 0 Å². The third-order valence-corrected chi connectivity index (χ3v) is 7.45. The number of nitrogens with zero attached hydrogens (tertiary/aromatic N) is 5. The summed E-state index contributed by atoms with van der Waals surface area (Å²) in [6.45, 7) is 3.78. The molecular formula is C35H37N7O3. The molecule has 0 aliphatic heterocycles. The summed E-state index contributed by atoms with van der Waals surface area (Å²) in [5.41, 5.74) is 4.98. The molecule has 10 heteroatoms. The van der Waals surface area contributed by atoms with Crippen molar-refractivity contribution in [2.24, 2.45) is 5.92 Å². The molecule has 5 rings (SSSR count). The fraction of sp³-hybridized carbons (Fsp3) is 0.229. The van der Waals surface area contributed by atoms with Gasteiger partial charge in [-0.1, -0.05) is 73.7 Å². The lowest BCUT2D eigenvalue weighted by molar-refractivity contribution is -0.127. The Labute approximate surface area is 262 Å². The Bertz CT molecular complexity index is 1770. The minimum absolute atomic E-state index is 0.118. The van der Waals surface area contributed by atoms with Gasteiger partial charge in [0, 0.05) is 43.6 Å². The van der Waals surface area contributed by atoms with Crippen LogP contribution in [0.4, 0.5) is 17.1 Å². The van der Waals surface area contributed by atoms with E-state index >= 15 is 0 Å². The number of amides is 3. The molecule has 0 saturated heterocycles. The van der Waals surface area contributed by atoms with Crippen LogP contribution in [0.15, 0.2) is 103 Å². The first-order valence-electron chi connectivity index (χ1n) is 14.8. The summed E-state index contributed by atoms with van der Waals surface area (Å²) < 4.78 is 1.54. The molecule has 0 aliphatic rings. The van der Waals surface area contributed by atoms with E-state index in [0.29, 0.717) is 34.5 Å². The molecule has 1 atom stereocenters. The minimum Gasteiger partial charge on any atom is -0.378 e. The molecule has 45 heavy (non-hydrogen) atoms. The molecule has 0 radical (unpaired) electrons. The van der Waals surface area contributed by atoms with Crippen LogP contribution < -0.4 is 20.4 Å². The van der Waals surface area contributed by atoms with Crippen molar-refractivity contribution >= 4 is 45.8 Å². The molecule has 0 aliphatic carbocycles. The molecule has 1 aromatic heterocycles. The first kappa shape index (κ1) is 30.9. The van der Waals surface area contributed by atoms with Gasteiger partial charge in [-0.25, -0.2) is 4.68 Å². The lowest BCUT2D eigenvalue weighted by Crippen LogP contribution is -2.45. The third-order valence-electron chi connectivity index (χ3n) is 7.45. The van der Waals surface area contributed by atoms with Crippen LogP contribution >= 0.6 is 0 Å². The van der Waals surface area contributed by atoms with Crippen molar-refractivity contribution in [1.29, 1.82) is 0 Å². The number of hydrogen-bond acceptors (Lipinski definition) is 6. The van der Waals surface area contributed by atoms with E-state index in [2.05, 4.69) is 20.9 Å². The topological polar surface area (TPSA) is 112 Å². The summed E-state index contributed by atoms with van der Waals surface area (Å²) >= 11 is 0. The summed E-state index contributed by atoms with van der Waals surface area (Å²) in [5.74, 6) is -1.01. The van der Waals surface area contributed by atoms with Gasteiger partial charge in [-0.3, -0.25) is 19.3 Å². The highest BCUT2D eigenvalue weighted by Gasteiger charge is 2.33. The fourth-order valence-corrected chi connectivity index (χ4v) is 4.92. The Morgan fingerprint density at radius 3 is 2.09 bits per heavy atom. The van der Waals surface area contributed by atoms with Crippen LogP contribution in [0.3, 0.4) is 0 Å². The molecule has 5 aromatic rings. The van der Waals surface area contributed by atoms with Crippen molar-refractivity contribution in [3.05, 3.63) is 114 Å². The lowest BCUT2D eigenvalue weighted by atomic mass is 10.0. The van der Waals surface area contributed by atoms with Crippen molar-refractivity contribution in [2.75, 3.05) is 29.2 Å². The van der Waals surface area contributed by atoms with E-state index in [1.165, 1.54) is 9.58 Å². The van der Waals surface area contributed by atoms with E-state index in [9.17, 15) is 14.4 Å². The Hall–Kier alpha value is -5.51. The molecule has 0 saturated carbocycles. The average molecular weight is 604 g/mol. The molecule has 4 aromatic carbocycles. The summed E-state index contributed by atoms with van der Waals surface area (Å²) in [7, 11) is 3.88. The normalized spacial score (nSPS) is 11.7. The molecule has 3 amide bonds. The predicted molar refractivity (Wildman–Crippen MR) is 177 cm³/mol. The average Bonchev–Trinajstić information content (AvgIpc) is 3.46. The molecule has 0 spiro atoms. The maximum atomic E-state index is 14.4. The monoisotopic (exact) mass is 603 g/mol. The van der Waals surface area contributed by atoms with Crippen molar-refractivity contribution in [3.8, 4) is 0 Å². The van der Waals surface area contributed by atoms with Crippen molar-refractivity contribution in [1.82, 2.24) is 20.3 Å². The van der Waals surface area contributed by atoms with Crippen LogP contribution in [0.1, 0.15) is 31.0 Å². The summed E-state index contributed by atoms with van der Waals surface area (Å²) in [5, 5.41) is 14.4. The van der Waals surface area contributed by atoms with Gasteiger partial charge in [0.2, 0.25) is 17.7 Å². The second-order valence-corrected chi connectivity index (χ2v) is 11.3. The van der Waals surface area contributed by atoms with Gasteiger partial charge >= 0.3 is 0 Å². The summed E-state index contributed by atoms with van der Waals surface area (Å²) in [6, 6.07) is 30.5. The smallest absolute Gasteiger partial charge is 0.249 e. The van der Waals surface area contributed by atoms with Crippen LogP contribution in [0.25, 0.3) is 11.0 Å². The molecule has 1 unspecified atom stereocenters. The van der Waals surface area contributed by atoms with E-state index in [4.69, 9.17) is 0 Å². The minimum atomic E-state index is -1.01. The van der Waals surface area contributed by atoms with Crippen LogP contribution in [-0.2, 0) is 27.5 Å². The van der Waals surface area contributed by atoms with Gasteiger partial charge in [0.1, 0.15) is 18.1 Å². The molecule has 0 bridgehead atoms. The second-order valence-electron chi connectivity index (χ2n) is 11.3. The molecule has 230 valence electrons. The van der Waals surface area contributed by atoms with Crippen molar-refractivity contribution in [2.45, 2.75) is 33.0 Å². The quantitative estimate of drug-likeness (QED) is 0.215. The predicted octanol–water partition coefficient (Wildman–Crippen LogP) is 5.18. The number of hydrogen-bond donors (Lipinski definition) is 2. The number of carbonyl (C=O) groups is 3. The largest absolute Gasteiger partial charge is 0.378 e. The Morgan fingerprint density at radius 2 is 1.42 bits per heavy atom. The second kappa shape index (κ2) is 13.9. The maximum Gasteiger partial charge on any atom is 0.249 e. The van der Waals surface area contributed by atoms with Gasteiger partial charge < -0.3 is 15.5 Å². The number of para-hydroxylation sites is 1. The Balaban J connectivity index is 1.56. The van der Waals surface area contributed by atoms with Gasteiger partial charge in [0.15, 0.2) is 0 Å². The van der Waals surface area contributed by atoms with Crippen LogP contribution in [0, 0.1) is 5.92 Å². The van der Waals surface area contributed by atoms with Gasteiger partial charge in [-0.15, -0.1) is 5.10 Å². The molecule has 10 nitrogen and oxygen atoms in total. The van der Waals surface area contributed by atoms with Crippen molar-refractivity contribution < 1.29 is 14.4 Å². The molecular weight excluding hydrogens is 566 g/mol. The Kier molecular flexibility index (Phi) is 9.52. The van der Waals surface area contributed by atoms with E-state index in [1.807, 2.05) is 112 Å². The number of carbonyl (C=O) groups excluding carboxylic acids is 3. The van der Waals surface area contributed by atoms with Crippen molar-refractivity contribution in [3.63, 3.8) is 0 Å². The highest BCUT2D eigenvalue weighted by molar-refractivity contribution is 6.02. The first-order valence-corrected chi connectivity index (χ1v) is 14.8.